The summed E-state index contributed by atoms with van der Waals surface area (Å²) in [4.78, 5) is 14.5. The summed E-state index contributed by atoms with van der Waals surface area (Å²) in [5.74, 6) is 0.0695. The van der Waals surface area contributed by atoms with Gasteiger partial charge in [-0.3, -0.25) is 9.69 Å². The Balaban J connectivity index is 2.57. The first kappa shape index (κ1) is 14.3. The van der Waals surface area contributed by atoms with Gasteiger partial charge in [-0.2, -0.15) is 0 Å². The highest BCUT2D eigenvalue weighted by Gasteiger charge is 2.21. The Hall–Kier alpha value is -2.09. The SMILES string of the molecule is Cc1cccc(N(C(=O)C(C)C)c2ccccc2C)c1. The van der Waals surface area contributed by atoms with Crippen LogP contribution < -0.4 is 4.90 Å². The highest BCUT2D eigenvalue weighted by Crippen LogP contribution is 2.30. The minimum absolute atomic E-state index is 0.0462. The fraction of sp³-hybridized carbons (Fsp3) is 0.278. The van der Waals surface area contributed by atoms with Crippen LogP contribution in [0.3, 0.4) is 0 Å². The Bertz CT molecular complexity index is 616. The van der Waals surface area contributed by atoms with Gasteiger partial charge in [0.1, 0.15) is 0 Å². The van der Waals surface area contributed by atoms with Crippen molar-refractivity contribution in [1.29, 1.82) is 0 Å². The number of hydrogen-bond donors (Lipinski definition) is 0. The molecule has 0 aromatic heterocycles. The van der Waals surface area contributed by atoms with Crippen LogP contribution in [0.1, 0.15) is 25.0 Å². The van der Waals surface area contributed by atoms with Gasteiger partial charge in [0.05, 0.1) is 5.69 Å². The molecule has 1 amide bonds. The second kappa shape index (κ2) is 5.91. The molecule has 0 aliphatic carbocycles. The van der Waals surface area contributed by atoms with E-state index in [9.17, 15) is 4.79 Å². The Morgan fingerprint density at radius 3 is 2.30 bits per heavy atom. The van der Waals surface area contributed by atoms with E-state index in [0.29, 0.717) is 0 Å². The van der Waals surface area contributed by atoms with E-state index in [2.05, 4.69) is 0 Å². The lowest BCUT2D eigenvalue weighted by Crippen LogP contribution is -2.30. The molecule has 0 unspecified atom stereocenters. The molecule has 0 saturated carbocycles. The van der Waals surface area contributed by atoms with E-state index in [1.54, 1.807) is 0 Å². The van der Waals surface area contributed by atoms with Crippen molar-refractivity contribution < 1.29 is 4.79 Å². The second-order valence-electron chi connectivity index (χ2n) is 5.45. The largest absolute Gasteiger partial charge is 0.281 e. The zero-order valence-corrected chi connectivity index (χ0v) is 12.6. The molecule has 2 heteroatoms. The van der Waals surface area contributed by atoms with Crippen LogP contribution in [-0.2, 0) is 4.79 Å². The van der Waals surface area contributed by atoms with E-state index in [0.717, 1.165) is 22.5 Å². The third-order valence-corrected chi connectivity index (χ3v) is 3.33. The number of hydrogen-bond acceptors (Lipinski definition) is 1. The van der Waals surface area contributed by atoms with E-state index in [1.165, 1.54) is 0 Å². The van der Waals surface area contributed by atoms with Gasteiger partial charge < -0.3 is 0 Å². The quantitative estimate of drug-likeness (QED) is 0.794. The number of aryl methyl sites for hydroxylation is 2. The first-order chi connectivity index (χ1) is 9.50. The monoisotopic (exact) mass is 267 g/mol. The molecule has 0 atom stereocenters. The van der Waals surface area contributed by atoms with Crippen LogP contribution in [-0.4, -0.2) is 5.91 Å². The summed E-state index contributed by atoms with van der Waals surface area (Å²) in [7, 11) is 0. The van der Waals surface area contributed by atoms with Crippen LogP contribution >= 0.6 is 0 Å². The summed E-state index contributed by atoms with van der Waals surface area (Å²) in [5.41, 5.74) is 4.13. The fourth-order valence-electron chi connectivity index (χ4n) is 2.22. The molecule has 104 valence electrons. The summed E-state index contributed by atoms with van der Waals surface area (Å²) in [6.07, 6.45) is 0. The van der Waals surface area contributed by atoms with Gasteiger partial charge in [-0.15, -0.1) is 0 Å². The minimum atomic E-state index is -0.0462. The van der Waals surface area contributed by atoms with Crippen molar-refractivity contribution in [3.05, 3.63) is 59.7 Å². The predicted molar refractivity (Wildman–Crippen MR) is 84.3 cm³/mol. The van der Waals surface area contributed by atoms with Crippen LogP contribution in [0.15, 0.2) is 48.5 Å². The van der Waals surface area contributed by atoms with E-state index in [-0.39, 0.29) is 11.8 Å². The molecule has 0 bridgehead atoms. The molecule has 2 aromatic rings. The maximum Gasteiger partial charge on any atom is 0.234 e. The minimum Gasteiger partial charge on any atom is -0.281 e. The summed E-state index contributed by atoms with van der Waals surface area (Å²) >= 11 is 0. The molecular weight excluding hydrogens is 246 g/mol. The lowest BCUT2D eigenvalue weighted by Gasteiger charge is -2.26. The van der Waals surface area contributed by atoms with Crippen molar-refractivity contribution in [2.45, 2.75) is 27.7 Å². The van der Waals surface area contributed by atoms with Gasteiger partial charge in [-0.25, -0.2) is 0 Å². The average Bonchev–Trinajstić information content (AvgIpc) is 2.41. The Kier molecular flexibility index (Phi) is 4.23. The van der Waals surface area contributed by atoms with Gasteiger partial charge in [0.2, 0.25) is 5.91 Å². The molecule has 0 fully saturated rings. The van der Waals surface area contributed by atoms with E-state index in [1.807, 2.05) is 81.1 Å². The molecule has 0 saturated heterocycles. The topological polar surface area (TPSA) is 20.3 Å². The van der Waals surface area contributed by atoms with Crippen LogP contribution in [0.25, 0.3) is 0 Å². The third-order valence-electron chi connectivity index (χ3n) is 3.33. The van der Waals surface area contributed by atoms with E-state index < -0.39 is 0 Å². The number of carbonyl (C=O) groups is 1. The maximum absolute atomic E-state index is 12.6. The second-order valence-corrected chi connectivity index (χ2v) is 5.45. The number of anilines is 2. The smallest absolute Gasteiger partial charge is 0.234 e. The highest BCUT2D eigenvalue weighted by molar-refractivity contribution is 6.02. The Morgan fingerprint density at radius 2 is 1.70 bits per heavy atom. The van der Waals surface area contributed by atoms with E-state index in [4.69, 9.17) is 0 Å². The summed E-state index contributed by atoms with van der Waals surface area (Å²) in [5, 5.41) is 0. The van der Waals surface area contributed by atoms with Gasteiger partial charge in [0.15, 0.2) is 0 Å². The molecule has 0 aliphatic rings. The van der Waals surface area contributed by atoms with Gasteiger partial charge in [0, 0.05) is 11.6 Å². The first-order valence-electron chi connectivity index (χ1n) is 6.97. The summed E-state index contributed by atoms with van der Waals surface area (Å²) < 4.78 is 0. The Labute approximate surface area is 121 Å². The highest BCUT2D eigenvalue weighted by atomic mass is 16.2. The van der Waals surface area contributed by atoms with Crippen molar-refractivity contribution in [1.82, 2.24) is 0 Å². The molecule has 2 nitrogen and oxygen atoms in total. The van der Waals surface area contributed by atoms with Crippen LogP contribution in [0.4, 0.5) is 11.4 Å². The third kappa shape index (κ3) is 2.90. The van der Waals surface area contributed by atoms with Crippen LogP contribution in [0.5, 0.6) is 0 Å². The molecule has 0 radical (unpaired) electrons. The molecule has 0 spiro atoms. The molecule has 0 N–H and O–H groups in total. The van der Waals surface area contributed by atoms with Crippen LogP contribution in [0.2, 0.25) is 0 Å². The summed E-state index contributed by atoms with van der Waals surface area (Å²) in [6, 6.07) is 16.1. The zero-order chi connectivity index (χ0) is 14.7. The van der Waals surface area contributed by atoms with E-state index >= 15 is 0 Å². The van der Waals surface area contributed by atoms with Gasteiger partial charge >= 0.3 is 0 Å². The Morgan fingerprint density at radius 1 is 1.00 bits per heavy atom. The zero-order valence-electron chi connectivity index (χ0n) is 12.6. The molecule has 2 rings (SSSR count). The fourth-order valence-corrected chi connectivity index (χ4v) is 2.22. The number of benzene rings is 2. The number of amides is 1. The standard InChI is InChI=1S/C18H21NO/c1-13(2)18(20)19(16-10-7-8-14(3)12-16)17-11-6-5-9-15(17)4/h5-13H,1-4H3. The number of para-hydroxylation sites is 1. The van der Waals surface area contributed by atoms with Crippen molar-refractivity contribution in [3.8, 4) is 0 Å². The lowest BCUT2D eigenvalue weighted by atomic mass is 10.1. The number of carbonyl (C=O) groups excluding carboxylic acids is 1. The number of rotatable bonds is 3. The number of nitrogens with zero attached hydrogens (tertiary/aromatic N) is 1. The average molecular weight is 267 g/mol. The molecule has 0 aliphatic heterocycles. The normalized spacial score (nSPS) is 10.7. The van der Waals surface area contributed by atoms with Gasteiger partial charge in [-0.1, -0.05) is 44.2 Å². The van der Waals surface area contributed by atoms with Crippen molar-refractivity contribution >= 4 is 17.3 Å². The van der Waals surface area contributed by atoms with Crippen LogP contribution in [0, 0.1) is 19.8 Å². The maximum atomic E-state index is 12.6. The lowest BCUT2D eigenvalue weighted by molar-refractivity contribution is -0.120. The van der Waals surface area contributed by atoms with Gasteiger partial charge in [-0.05, 0) is 43.2 Å². The predicted octanol–water partition coefficient (Wildman–Crippen LogP) is 4.62. The van der Waals surface area contributed by atoms with Crippen molar-refractivity contribution in [3.63, 3.8) is 0 Å². The molecular formula is C18H21NO. The first-order valence-corrected chi connectivity index (χ1v) is 6.97. The molecule has 2 aromatic carbocycles. The van der Waals surface area contributed by atoms with Crippen molar-refractivity contribution in [2.75, 3.05) is 4.90 Å². The molecule has 20 heavy (non-hydrogen) atoms. The van der Waals surface area contributed by atoms with Gasteiger partial charge in [0.25, 0.3) is 0 Å². The summed E-state index contributed by atoms with van der Waals surface area (Å²) in [6.45, 7) is 7.94. The van der Waals surface area contributed by atoms with Crippen molar-refractivity contribution in [2.24, 2.45) is 5.92 Å². The molecule has 0 heterocycles.